The molecule has 0 aliphatic carbocycles. The van der Waals surface area contributed by atoms with E-state index in [-0.39, 0.29) is 22.5 Å². The maximum atomic E-state index is 13.0. The molecule has 2 heterocycles. The Labute approximate surface area is 183 Å². The summed E-state index contributed by atoms with van der Waals surface area (Å²) in [5.74, 6) is 0.299. The summed E-state index contributed by atoms with van der Waals surface area (Å²) in [5, 5.41) is 2.96. The minimum atomic E-state index is -3.64. The van der Waals surface area contributed by atoms with E-state index in [1.54, 1.807) is 27.1 Å². The van der Waals surface area contributed by atoms with Gasteiger partial charge in [-0.1, -0.05) is 51.1 Å². The van der Waals surface area contributed by atoms with Crippen molar-refractivity contribution in [1.29, 1.82) is 0 Å². The molecule has 0 spiro atoms. The predicted octanol–water partition coefficient (Wildman–Crippen LogP) is 3.33. The molecule has 0 saturated heterocycles. The van der Waals surface area contributed by atoms with Gasteiger partial charge < -0.3 is 14.9 Å². The summed E-state index contributed by atoms with van der Waals surface area (Å²) in [4.78, 5) is 20.8. The quantitative estimate of drug-likeness (QED) is 0.530. The lowest BCUT2D eigenvalue weighted by Gasteiger charge is -2.17. The van der Waals surface area contributed by atoms with Crippen molar-refractivity contribution in [3.63, 3.8) is 0 Å². The van der Waals surface area contributed by atoms with E-state index in [0.717, 1.165) is 11.3 Å². The largest absolute Gasteiger partial charge is 0.345 e. The van der Waals surface area contributed by atoms with Gasteiger partial charge in [-0.15, -0.1) is 0 Å². The van der Waals surface area contributed by atoms with Crippen molar-refractivity contribution in [3.8, 4) is 11.3 Å². The van der Waals surface area contributed by atoms with Gasteiger partial charge in [-0.05, 0) is 18.1 Å². The first-order chi connectivity index (χ1) is 14.8. The van der Waals surface area contributed by atoms with Crippen LogP contribution < -0.4 is 5.32 Å². The van der Waals surface area contributed by atoms with Crippen LogP contribution in [0.1, 0.15) is 49.5 Å². The van der Waals surface area contributed by atoms with Gasteiger partial charge in [0.05, 0.1) is 17.9 Å². The number of nitrogens with one attached hydrogen (secondary N) is 2. The molecular weight excluding hydrogens is 414 g/mol. The van der Waals surface area contributed by atoms with Crippen LogP contribution in [0.15, 0.2) is 53.7 Å². The van der Waals surface area contributed by atoms with Gasteiger partial charge in [-0.2, -0.15) is 4.31 Å². The Kier molecular flexibility index (Phi) is 6.97. The molecule has 0 radical (unpaired) electrons. The van der Waals surface area contributed by atoms with Gasteiger partial charge in [0.1, 0.15) is 16.4 Å². The van der Waals surface area contributed by atoms with E-state index < -0.39 is 10.0 Å². The molecule has 166 valence electrons. The summed E-state index contributed by atoms with van der Waals surface area (Å²) in [5.41, 5.74) is 2.16. The standard InChI is InChI=1S/C22H29N5O3S/c1-5-18(21-23-14-19(24-21)16-11-9-8-10-12-16)25-22(28)20-13-17(15-26(20)4)31(29,30)27(6-2)7-3/h8-15,18H,5-7H2,1-4H3,(H,23,24)(H,25,28). The molecule has 3 rings (SSSR count). The number of sulfonamides is 1. The summed E-state index contributed by atoms with van der Waals surface area (Å²) in [6.07, 6.45) is 3.85. The van der Waals surface area contributed by atoms with Crippen molar-refractivity contribution in [1.82, 2.24) is 24.2 Å². The number of benzene rings is 1. The van der Waals surface area contributed by atoms with E-state index in [1.165, 1.54) is 21.1 Å². The summed E-state index contributed by atoms with van der Waals surface area (Å²) >= 11 is 0. The van der Waals surface area contributed by atoms with Crippen LogP contribution in [0.25, 0.3) is 11.3 Å². The third kappa shape index (κ3) is 4.72. The Morgan fingerprint density at radius 2 is 1.87 bits per heavy atom. The van der Waals surface area contributed by atoms with Gasteiger partial charge in [-0.25, -0.2) is 13.4 Å². The average Bonchev–Trinajstić information content (AvgIpc) is 3.41. The number of aryl methyl sites for hydroxylation is 1. The number of aromatic nitrogens is 3. The van der Waals surface area contributed by atoms with E-state index in [9.17, 15) is 13.2 Å². The fourth-order valence-corrected chi connectivity index (χ4v) is 5.02. The van der Waals surface area contributed by atoms with Crippen LogP contribution in [0.2, 0.25) is 0 Å². The third-order valence-corrected chi connectivity index (χ3v) is 7.29. The van der Waals surface area contributed by atoms with Crippen molar-refractivity contribution in [2.75, 3.05) is 13.1 Å². The molecule has 0 aliphatic rings. The first kappa shape index (κ1) is 22.8. The first-order valence-corrected chi connectivity index (χ1v) is 11.8. The van der Waals surface area contributed by atoms with Gasteiger partial charge >= 0.3 is 0 Å². The number of carbonyl (C=O) groups is 1. The molecule has 1 atom stereocenters. The topological polar surface area (TPSA) is 100 Å². The molecule has 9 heteroatoms. The fourth-order valence-electron chi connectivity index (χ4n) is 3.49. The van der Waals surface area contributed by atoms with Gasteiger partial charge in [0.2, 0.25) is 10.0 Å². The van der Waals surface area contributed by atoms with Gasteiger partial charge in [-0.3, -0.25) is 4.79 Å². The van der Waals surface area contributed by atoms with Crippen LogP contribution >= 0.6 is 0 Å². The molecule has 0 saturated carbocycles. The summed E-state index contributed by atoms with van der Waals surface area (Å²) < 4.78 is 28.5. The second-order valence-corrected chi connectivity index (χ2v) is 9.18. The highest BCUT2D eigenvalue weighted by molar-refractivity contribution is 7.89. The highest BCUT2D eigenvalue weighted by Gasteiger charge is 2.26. The Hall–Kier alpha value is -2.91. The second kappa shape index (κ2) is 9.49. The maximum absolute atomic E-state index is 13.0. The predicted molar refractivity (Wildman–Crippen MR) is 120 cm³/mol. The molecular formula is C22H29N5O3S. The molecule has 31 heavy (non-hydrogen) atoms. The van der Waals surface area contributed by atoms with Crippen LogP contribution in [-0.2, 0) is 17.1 Å². The zero-order valence-electron chi connectivity index (χ0n) is 18.3. The van der Waals surface area contributed by atoms with Crippen molar-refractivity contribution in [2.45, 2.75) is 38.1 Å². The Bertz CT molecular complexity index is 1130. The number of aromatic amines is 1. The van der Waals surface area contributed by atoms with E-state index in [1.807, 2.05) is 37.3 Å². The van der Waals surface area contributed by atoms with Crippen molar-refractivity contribution < 1.29 is 13.2 Å². The zero-order valence-corrected chi connectivity index (χ0v) is 19.1. The van der Waals surface area contributed by atoms with Crippen LogP contribution in [0.3, 0.4) is 0 Å². The van der Waals surface area contributed by atoms with Crippen molar-refractivity contribution in [3.05, 3.63) is 60.3 Å². The van der Waals surface area contributed by atoms with Gasteiger partial charge in [0.25, 0.3) is 5.91 Å². The number of hydrogen-bond acceptors (Lipinski definition) is 4. The third-order valence-electron chi connectivity index (χ3n) is 5.28. The van der Waals surface area contributed by atoms with E-state index in [0.29, 0.717) is 25.3 Å². The molecule has 8 nitrogen and oxygen atoms in total. The normalized spacial score (nSPS) is 12.8. The molecule has 1 aromatic carbocycles. The highest BCUT2D eigenvalue weighted by Crippen LogP contribution is 2.22. The minimum Gasteiger partial charge on any atom is -0.345 e. The average molecular weight is 444 g/mol. The Morgan fingerprint density at radius 1 is 1.19 bits per heavy atom. The first-order valence-electron chi connectivity index (χ1n) is 10.4. The van der Waals surface area contributed by atoms with E-state index in [4.69, 9.17) is 0 Å². The lowest BCUT2D eigenvalue weighted by molar-refractivity contribution is 0.0925. The monoisotopic (exact) mass is 443 g/mol. The lowest BCUT2D eigenvalue weighted by atomic mass is 10.2. The zero-order chi connectivity index (χ0) is 22.6. The van der Waals surface area contributed by atoms with E-state index in [2.05, 4.69) is 15.3 Å². The SMILES string of the molecule is CCC(NC(=O)c1cc(S(=O)(=O)N(CC)CC)cn1C)c1ncc(-c2ccccc2)[nH]1. The molecule has 2 N–H and O–H groups in total. The van der Waals surface area contributed by atoms with Gasteiger partial charge in [0, 0.05) is 26.3 Å². The summed E-state index contributed by atoms with van der Waals surface area (Å²) in [7, 11) is -1.97. The lowest BCUT2D eigenvalue weighted by Crippen LogP contribution is -2.30. The molecule has 3 aromatic rings. The van der Waals surface area contributed by atoms with Crippen LogP contribution in [-0.4, -0.2) is 46.3 Å². The number of H-pyrrole nitrogens is 1. The molecule has 0 fully saturated rings. The smallest absolute Gasteiger partial charge is 0.268 e. The summed E-state index contributed by atoms with van der Waals surface area (Å²) in [6.45, 7) is 6.27. The Morgan fingerprint density at radius 3 is 2.48 bits per heavy atom. The number of rotatable bonds is 9. The molecule has 1 amide bonds. The van der Waals surface area contributed by atoms with Crippen LogP contribution in [0.4, 0.5) is 0 Å². The fraction of sp³-hybridized carbons (Fsp3) is 0.364. The van der Waals surface area contributed by atoms with Gasteiger partial charge in [0.15, 0.2) is 0 Å². The van der Waals surface area contributed by atoms with Crippen molar-refractivity contribution in [2.24, 2.45) is 7.05 Å². The minimum absolute atomic E-state index is 0.112. The number of nitrogens with zero attached hydrogens (tertiary/aromatic N) is 3. The maximum Gasteiger partial charge on any atom is 0.268 e. The number of imidazole rings is 1. The number of carbonyl (C=O) groups excluding carboxylic acids is 1. The number of amides is 1. The Balaban J connectivity index is 1.81. The highest BCUT2D eigenvalue weighted by atomic mass is 32.2. The van der Waals surface area contributed by atoms with Crippen LogP contribution in [0.5, 0.6) is 0 Å². The molecule has 1 unspecified atom stereocenters. The second-order valence-electron chi connectivity index (χ2n) is 7.24. The summed E-state index contributed by atoms with van der Waals surface area (Å²) in [6, 6.07) is 10.9. The van der Waals surface area contributed by atoms with Crippen LogP contribution in [0, 0.1) is 0 Å². The molecule has 0 aliphatic heterocycles. The number of hydrogen-bond donors (Lipinski definition) is 2. The molecule has 0 bridgehead atoms. The van der Waals surface area contributed by atoms with E-state index >= 15 is 0 Å². The van der Waals surface area contributed by atoms with Crippen molar-refractivity contribution >= 4 is 15.9 Å². The molecule has 2 aromatic heterocycles.